The Hall–Kier alpha value is -1.63. The lowest BCUT2D eigenvalue weighted by molar-refractivity contribution is -0.113. The van der Waals surface area contributed by atoms with Crippen LogP contribution in [-0.2, 0) is 4.79 Å². The van der Waals surface area contributed by atoms with Gasteiger partial charge >= 0.3 is 0 Å². The summed E-state index contributed by atoms with van der Waals surface area (Å²) in [7, 11) is 0. The van der Waals surface area contributed by atoms with Gasteiger partial charge in [-0.25, -0.2) is 0 Å². The first-order chi connectivity index (χ1) is 12.0. The van der Waals surface area contributed by atoms with E-state index in [0.29, 0.717) is 15.8 Å². The smallest absolute Gasteiger partial charge is 0.271 e. The van der Waals surface area contributed by atoms with Crippen molar-refractivity contribution >= 4 is 61.4 Å². The molecule has 1 amide bonds. The summed E-state index contributed by atoms with van der Waals surface area (Å²) >= 11 is 10.2. The second kappa shape index (κ2) is 7.72. The maximum Gasteiger partial charge on any atom is 0.271 e. The molecule has 1 heterocycles. The van der Waals surface area contributed by atoms with Gasteiger partial charge in [-0.3, -0.25) is 9.69 Å². The Morgan fingerprint density at radius 2 is 1.80 bits per heavy atom. The van der Waals surface area contributed by atoms with Gasteiger partial charge in [0.1, 0.15) is 5.75 Å². The summed E-state index contributed by atoms with van der Waals surface area (Å²) in [4.78, 5) is 15.2. The van der Waals surface area contributed by atoms with Crippen molar-refractivity contribution in [1.82, 2.24) is 0 Å². The molecule has 1 fully saturated rings. The number of ether oxygens (including phenoxy) is 1. The van der Waals surface area contributed by atoms with E-state index >= 15 is 0 Å². The highest BCUT2D eigenvalue weighted by atomic mass is 79.9. The highest BCUT2D eigenvalue weighted by Crippen LogP contribution is 2.39. The number of thioether (sulfide) groups is 1. The Kier molecular flexibility index (Phi) is 5.61. The first-order valence-corrected chi connectivity index (χ1v) is 9.79. The second-order valence-electron chi connectivity index (χ2n) is 5.40. The molecule has 0 aromatic heterocycles. The van der Waals surface area contributed by atoms with E-state index in [1.165, 1.54) is 11.8 Å². The Balaban J connectivity index is 1.91. The van der Waals surface area contributed by atoms with Gasteiger partial charge in [-0.15, -0.1) is 0 Å². The molecule has 0 N–H and O–H groups in total. The maximum atomic E-state index is 12.9. The summed E-state index contributed by atoms with van der Waals surface area (Å²) in [6.45, 7) is 4.49. The summed E-state index contributed by atoms with van der Waals surface area (Å²) in [6, 6.07) is 15.3. The predicted molar refractivity (Wildman–Crippen MR) is 112 cm³/mol. The molecule has 0 atom stereocenters. The van der Waals surface area contributed by atoms with E-state index in [1.54, 1.807) is 4.90 Å². The molecule has 3 rings (SSSR count). The van der Waals surface area contributed by atoms with Crippen LogP contribution in [0.5, 0.6) is 5.75 Å². The van der Waals surface area contributed by atoms with Crippen LogP contribution in [0.4, 0.5) is 5.69 Å². The van der Waals surface area contributed by atoms with E-state index in [2.05, 4.69) is 15.9 Å². The highest BCUT2D eigenvalue weighted by Gasteiger charge is 2.34. The van der Waals surface area contributed by atoms with Crippen molar-refractivity contribution in [2.75, 3.05) is 11.5 Å². The standard InChI is InChI=1S/C19H16BrNO2S2/c1-3-23-16-10-8-15(9-11-16)21-18(22)17(25-19(21)24)12(2)13-4-6-14(20)7-5-13/h4-11H,3H2,1-2H3/b17-12-. The van der Waals surface area contributed by atoms with Crippen molar-refractivity contribution in [2.24, 2.45) is 0 Å². The molecule has 6 heteroatoms. The quantitative estimate of drug-likeness (QED) is 0.460. The van der Waals surface area contributed by atoms with Crippen LogP contribution >= 0.6 is 39.9 Å². The molecule has 1 aliphatic rings. The zero-order chi connectivity index (χ0) is 18.0. The number of rotatable bonds is 4. The van der Waals surface area contributed by atoms with Crippen LogP contribution in [0.3, 0.4) is 0 Å². The summed E-state index contributed by atoms with van der Waals surface area (Å²) < 4.78 is 7.00. The van der Waals surface area contributed by atoms with Gasteiger partial charge in [-0.2, -0.15) is 0 Å². The Morgan fingerprint density at radius 1 is 1.16 bits per heavy atom. The number of halogens is 1. The number of nitrogens with zero attached hydrogens (tertiary/aromatic N) is 1. The number of hydrogen-bond donors (Lipinski definition) is 0. The van der Waals surface area contributed by atoms with Gasteiger partial charge in [0.25, 0.3) is 5.91 Å². The van der Waals surface area contributed by atoms with E-state index in [4.69, 9.17) is 17.0 Å². The molecule has 1 saturated heterocycles. The fourth-order valence-electron chi connectivity index (χ4n) is 2.51. The van der Waals surface area contributed by atoms with Crippen LogP contribution in [0, 0.1) is 0 Å². The molecule has 0 saturated carbocycles. The Labute approximate surface area is 165 Å². The van der Waals surface area contributed by atoms with E-state index in [9.17, 15) is 4.79 Å². The van der Waals surface area contributed by atoms with Gasteiger partial charge < -0.3 is 4.74 Å². The van der Waals surface area contributed by atoms with E-state index in [1.807, 2.05) is 62.4 Å². The summed E-state index contributed by atoms with van der Waals surface area (Å²) in [5.74, 6) is 0.692. The average molecular weight is 434 g/mol. The fraction of sp³-hybridized carbons (Fsp3) is 0.158. The van der Waals surface area contributed by atoms with Crippen molar-refractivity contribution in [3.8, 4) is 5.75 Å². The summed E-state index contributed by atoms with van der Waals surface area (Å²) in [5.41, 5.74) is 2.69. The van der Waals surface area contributed by atoms with Crippen LogP contribution < -0.4 is 9.64 Å². The normalized spacial score (nSPS) is 16.4. The average Bonchev–Trinajstić information content (AvgIpc) is 2.91. The molecule has 0 aliphatic carbocycles. The summed E-state index contributed by atoms with van der Waals surface area (Å²) in [6.07, 6.45) is 0. The second-order valence-corrected chi connectivity index (χ2v) is 7.96. The van der Waals surface area contributed by atoms with Gasteiger partial charge in [0.05, 0.1) is 17.2 Å². The zero-order valence-electron chi connectivity index (χ0n) is 13.8. The monoisotopic (exact) mass is 433 g/mol. The molecular formula is C19H16BrNO2S2. The molecular weight excluding hydrogens is 418 g/mol. The number of benzene rings is 2. The third-order valence-electron chi connectivity index (χ3n) is 3.79. The van der Waals surface area contributed by atoms with Crippen molar-refractivity contribution in [1.29, 1.82) is 0 Å². The number of thiocarbonyl (C=S) groups is 1. The first-order valence-electron chi connectivity index (χ1n) is 7.77. The van der Waals surface area contributed by atoms with Gasteiger partial charge in [0, 0.05) is 4.47 Å². The van der Waals surface area contributed by atoms with Gasteiger partial charge in [0.15, 0.2) is 4.32 Å². The van der Waals surface area contributed by atoms with Crippen molar-refractivity contribution < 1.29 is 9.53 Å². The van der Waals surface area contributed by atoms with Crippen LogP contribution in [0.25, 0.3) is 5.57 Å². The molecule has 0 spiro atoms. The SMILES string of the molecule is CCOc1ccc(N2C(=O)/C(=C(\C)c3ccc(Br)cc3)SC2=S)cc1. The number of amides is 1. The van der Waals surface area contributed by atoms with Crippen LogP contribution in [0.15, 0.2) is 57.9 Å². The number of carbonyl (C=O) groups is 1. The molecule has 2 aromatic carbocycles. The van der Waals surface area contributed by atoms with Crippen molar-refractivity contribution in [3.63, 3.8) is 0 Å². The largest absolute Gasteiger partial charge is 0.494 e. The van der Waals surface area contributed by atoms with Crippen molar-refractivity contribution in [3.05, 3.63) is 63.5 Å². The number of carbonyl (C=O) groups excluding carboxylic acids is 1. The molecule has 2 aromatic rings. The lowest BCUT2D eigenvalue weighted by Crippen LogP contribution is -2.27. The molecule has 0 bridgehead atoms. The molecule has 3 nitrogen and oxygen atoms in total. The molecule has 128 valence electrons. The van der Waals surface area contributed by atoms with Gasteiger partial charge in [-0.05, 0) is 61.4 Å². The Morgan fingerprint density at radius 3 is 2.40 bits per heavy atom. The van der Waals surface area contributed by atoms with E-state index in [0.717, 1.165) is 27.0 Å². The molecule has 0 radical (unpaired) electrons. The topological polar surface area (TPSA) is 29.5 Å². The van der Waals surface area contributed by atoms with E-state index in [-0.39, 0.29) is 5.91 Å². The maximum absolute atomic E-state index is 12.9. The van der Waals surface area contributed by atoms with Crippen LogP contribution in [0.2, 0.25) is 0 Å². The van der Waals surface area contributed by atoms with E-state index < -0.39 is 0 Å². The van der Waals surface area contributed by atoms with Crippen molar-refractivity contribution in [2.45, 2.75) is 13.8 Å². The van der Waals surface area contributed by atoms with Gasteiger partial charge in [-0.1, -0.05) is 52.0 Å². The van der Waals surface area contributed by atoms with Crippen LogP contribution in [0.1, 0.15) is 19.4 Å². The predicted octanol–water partition coefficient (Wildman–Crippen LogP) is 5.64. The zero-order valence-corrected chi connectivity index (χ0v) is 17.0. The number of allylic oxidation sites excluding steroid dienone is 1. The minimum absolute atomic E-state index is 0.0837. The highest BCUT2D eigenvalue weighted by molar-refractivity contribution is 9.10. The third-order valence-corrected chi connectivity index (χ3v) is 5.80. The Bertz CT molecular complexity index is 845. The minimum Gasteiger partial charge on any atom is -0.494 e. The number of hydrogen-bond acceptors (Lipinski definition) is 4. The molecule has 1 aliphatic heterocycles. The molecule has 0 unspecified atom stereocenters. The lowest BCUT2D eigenvalue weighted by Gasteiger charge is -2.15. The minimum atomic E-state index is -0.0837. The number of anilines is 1. The summed E-state index contributed by atoms with van der Waals surface area (Å²) in [5, 5.41) is 0. The fourth-order valence-corrected chi connectivity index (χ4v) is 4.12. The molecule has 25 heavy (non-hydrogen) atoms. The van der Waals surface area contributed by atoms with Gasteiger partial charge in [0.2, 0.25) is 0 Å². The van der Waals surface area contributed by atoms with Crippen LogP contribution in [-0.4, -0.2) is 16.8 Å². The third kappa shape index (κ3) is 3.81. The first kappa shape index (κ1) is 18.2. The lowest BCUT2D eigenvalue weighted by atomic mass is 10.1.